The van der Waals surface area contributed by atoms with Crippen LogP contribution in [0.4, 0.5) is 4.79 Å². The minimum absolute atomic E-state index is 0.000635. The standard InChI is InChI=1S/C34H40N2O2Si/c1-34(27-17-7-2-8-18-27)32(37)35(28-19-9-3-10-20-28)33(38)36(34)39(29-21-11-4-12-22-29,30-23-13-5-14-24-30)31-25-15-6-16-26-31/h4-6,11-16,21-28H,2-3,7-10,17-20H2,1H3. The second kappa shape index (κ2) is 10.8. The number of hydrogen-bond acceptors (Lipinski definition) is 2. The fourth-order valence-corrected chi connectivity index (χ4v) is 13.0. The van der Waals surface area contributed by atoms with Crippen LogP contribution >= 0.6 is 0 Å². The van der Waals surface area contributed by atoms with E-state index in [1.165, 1.54) is 12.8 Å². The summed E-state index contributed by atoms with van der Waals surface area (Å²) in [4.78, 5) is 31.7. The molecule has 1 atom stereocenters. The maximum absolute atomic E-state index is 15.1. The number of nitrogens with zero attached hydrogens (tertiary/aromatic N) is 2. The van der Waals surface area contributed by atoms with Gasteiger partial charge in [-0.05, 0) is 54.1 Å². The van der Waals surface area contributed by atoms with Gasteiger partial charge in [-0.15, -0.1) is 0 Å². The average Bonchev–Trinajstić information content (AvgIpc) is 3.22. The van der Waals surface area contributed by atoms with E-state index < -0.39 is 13.8 Å². The van der Waals surface area contributed by atoms with Crippen LogP contribution in [0.15, 0.2) is 91.0 Å². The summed E-state index contributed by atoms with van der Waals surface area (Å²) in [5.74, 6) is 0.199. The Balaban J connectivity index is 1.66. The highest BCUT2D eigenvalue weighted by Crippen LogP contribution is 2.45. The largest absolute Gasteiger partial charge is 0.324 e. The number of benzene rings is 3. The van der Waals surface area contributed by atoms with E-state index in [1.54, 1.807) is 4.90 Å². The predicted molar refractivity (Wildman–Crippen MR) is 160 cm³/mol. The van der Waals surface area contributed by atoms with E-state index in [1.807, 2.05) is 18.2 Å². The van der Waals surface area contributed by atoms with Crippen molar-refractivity contribution in [3.63, 3.8) is 0 Å². The molecule has 39 heavy (non-hydrogen) atoms. The molecule has 0 radical (unpaired) electrons. The normalized spacial score (nSPS) is 23.4. The molecule has 0 N–H and O–H groups in total. The summed E-state index contributed by atoms with van der Waals surface area (Å²) in [6.45, 7) is 2.13. The van der Waals surface area contributed by atoms with Crippen LogP contribution in [0.3, 0.4) is 0 Å². The fraction of sp³-hybridized carbons (Fsp3) is 0.412. The summed E-state index contributed by atoms with van der Waals surface area (Å²) < 4.78 is 2.19. The highest BCUT2D eigenvalue weighted by atomic mass is 28.3. The van der Waals surface area contributed by atoms with Crippen LogP contribution in [0.1, 0.15) is 71.1 Å². The molecule has 6 rings (SSSR count). The maximum atomic E-state index is 15.1. The Morgan fingerprint density at radius 3 is 1.46 bits per heavy atom. The second-order valence-electron chi connectivity index (χ2n) is 11.9. The third-order valence-electron chi connectivity index (χ3n) is 9.76. The van der Waals surface area contributed by atoms with Gasteiger partial charge >= 0.3 is 6.03 Å². The van der Waals surface area contributed by atoms with Crippen molar-refractivity contribution in [1.29, 1.82) is 0 Å². The molecule has 1 saturated heterocycles. The van der Waals surface area contributed by atoms with E-state index in [9.17, 15) is 4.79 Å². The number of amides is 3. The Kier molecular flexibility index (Phi) is 7.19. The summed E-state index contributed by atoms with van der Waals surface area (Å²) >= 11 is 0. The van der Waals surface area contributed by atoms with Gasteiger partial charge in [0.15, 0.2) is 0 Å². The van der Waals surface area contributed by atoms with Crippen LogP contribution in [0, 0.1) is 5.92 Å². The summed E-state index contributed by atoms with van der Waals surface area (Å²) in [5.41, 5.74) is -0.886. The third-order valence-corrected chi connectivity index (χ3v) is 14.6. The maximum Gasteiger partial charge on any atom is 0.320 e. The van der Waals surface area contributed by atoms with Crippen LogP contribution in [-0.2, 0) is 4.79 Å². The number of hydrogen-bond donors (Lipinski definition) is 0. The lowest BCUT2D eigenvalue weighted by Gasteiger charge is -2.50. The summed E-state index contributed by atoms with van der Waals surface area (Å²) in [6.07, 6.45) is 10.6. The van der Waals surface area contributed by atoms with Crippen molar-refractivity contribution in [1.82, 2.24) is 9.47 Å². The van der Waals surface area contributed by atoms with Gasteiger partial charge in [-0.2, -0.15) is 0 Å². The topological polar surface area (TPSA) is 40.6 Å². The molecule has 1 aliphatic heterocycles. The van der Waals surface area contributed by atoms with Crippen LogP contribution in [0.25, 0.3) is 0 Å². The highest BCUT2D eigenvalue weighted by Gasteiger charge is 2.66. The van der Waals surface area contributed by atoms with Gasteiger partial charge in [-0.25, -0.2) is 4.79 Å². The number of carbonyl (C=O) groups is 2. The van der Waals surface area contributed by atoms with Gasteiger partial charge in [-0.3, -0.25) is 9.69 Å². The minimum Gasteiger partial charge on any atom is -0.324 e. The first-order chi connectivity index (χ1) is 19.1. The molecule has 3 aliphatic rings. The molecule has 2 aliphatic carbocycles. The third kappa shape index (κ3) is 4.17. The summed E-state index contributed by atoms with van der Waals surface area (Å²) in [6, 6.07) is 31.7. The van der Waals surface area contributed by atoms with Crippen molar-refractivity contribution in [3.8, 4) is 0 Å². The first-order valence-corrected chi connectivity index (χ1v) is 16.9. The molecule has 202 valence electrons. The smallest absolute Gasteiger partial charge is 0.320 e. The van der Waals surface area contributed by atoms with E-state index in [4.69, 9.17) is 0 Å². The molecule has 0 aromatic heterocycles. The van der Waals surface area contributed by atoms with E-state index in [-0.39, 0.29) is 23.9 Å². The first-order valence-electron chi connectivity index (χ1n) is 14.9. The van der Waals surface area contributed by atoms with Gasteiger partial charge in [0.1, 0.15) is 5.54 Å². The SMILES string of the molecule is CC1(C2CCCCC2)C(=O)N(C2CCCCC2)C(=O)N1[Si](c1ccccc1)(c1ccccc1)c1ccccc1. The van der Waals surface area contributed by atoms with Crippen molar-refractivity contribution >= 4 is 35.7 Å². The van der Waals surface area contributed by atoms with Crippen molar-refractivity contribution in [3.05, 3.63) is 91.0 Å². The Hall–Kier alpha value is -3.18. The van der Waals surface area contributed by atoms with Crippen molar-refractivity contribution < 1.29 is 9.59 Å². The monoisotopic (exact) mass is 536 g/mol. The second-order valence-corrected chi connectivity index (χ2v) is 15.5. The average molecular weight is 537 g/mol. The molecule has 0 bridgehead atoms. The predicted octanol–water partition coefficient (Wildman–Crippen LogP) is 5.59. The van der Waals surface area contributed by atoms with Crippen LogP contribution in [0.2, 0.25) is 0 Å². The molecule has 1 heterocycles. The van der Waals surface area contributed by atoms with Crippen molar-refractivity contribution in [2.45, 2.75) is 82.7 Å². The Morgan fingerprint density at radius 2 is 1.03 bits per heavy atom. The van der Waals surface area contributed by atoms with Gasteiger partial charge in [0, 0.05) is 6.04 Å². The lowest BCUT2D eigenvalue weighted by atomic mass is 9.75. The van der Waals surface area contributed by atoms with E-state index in [0.29, 0.717) is 0 Å². The molecule has 3 amide bonds. The van der Waals surface area contributed by atoms with Gasteiger partial charge in [0.2, 0.25) is 0 Å². The molecule has 4 nitrogen and oxygen atoms in total. The molecular formula is C34H40N2O2Si. The molecule has 3 aromatic carbocycles. The molecule has 3 fully saturated rings. The summed E-state index contributed by atoms with van der Waals surface area (Å²) in [5, 5.41) is 3.45. The number of carbonyl (C=O) groups excluding carboxylic acids is 2. The van der Waals surface area contributed by atoms with Gasteiger partial charge < -0.3 is 4.57 Å². The van der Waals surface area contributed by atoms with Gasteiger partial charge in [0.05, 0.1) is 0 Å². The zero-order chi connectivity index (χ0) is 26.9. The zero-order valence-corrected chi connectivity index (χ0v) is 24.1. The number of urea groups is 1. The van der Waals surface area contributed by atoms with Crippen LogP contribution in [0.5, 0.6) is 0 Å². The lowest BCUT2D eigenvalue weighted by molar-refractivity contribution is -0.136. The lowest BCUT2D eigenvalue weighted by Crippen LogP contribution is -2.82. The van der Waals surface area contributed by atoms with Gasteiger partial charge in [-0.1, -0.05) is 130 Å². The highest BCUT2D eigenvalue weighted by molar-refractivity contribution is 7.10. The molecular weight excluding hydrogens is 496 g/mol. The number of rotatable bonds is 6. The van der Waals surface area contributed by atoms with Crippen molar-refractivity contribution in [2.24, 2.45) is 5.92 Å². The van der Waals surface area contributed by atoms with Crippen LogP contribution < -0.4 is 15.6 Å². The Morgan fingerprint density at radius 1 is 0.615 bits per heavy atom. The minimum atomic E-state index is -3.20. The Labute approximate surface area is 234 Å². The van der Waals surface area contributed by atoms with E-state index in [2.05, 4.69) is 84.3 Å². The fourth-order valence-electron chi connectivity index (χ4n) is 7.83. The zero-order valence-electron chi connectivity index (χ0n) is 23.1. The molecule has 2 saturated carbocycles. The Bertz CT molecular complexity index is 1190. The first kappa shape index (κ1) is 26.1. The quantitative estimate of drug-likeness (QED) is 0.234. The van der Waals surface area contributed by atoms with E-state index in [0.717, 1.165) is 66.9 Å². The van der Waals surface area contributed by atoms with E-state index >= 15 is 4.79 Å². The van der Waals surface area contributed by atoms with Crippen molar-refractivity contribution in [2.75, 3.05) is 0 Å². The van der Waals surface area contributed by atoms with Crippen LogP contribution in [-0.4, -0.2) is 41.2 Å². The molecule has 3 aromatic rings. The molecule has 5 heteroatoms. The number of imide groups is 1. The van der Waals surface area contributed by atoms with Gasteiger partial charge in [0.25, 0.3) is 14.1 Å². The summed E-state index contributed by atoms with van der Waals surface area (Å²) in [7, 11) is -3.20. The molecule has 0 spiro atoms. The molecule has 1 unspecified atom stereocenters.